The number of aliphatic hydroxyl groups is 1. The summed E-state index contributed by atoms with van der Waals surface area (Å²) in [6, 6.07) is 4.60. The zero-order valence-electron chi connectivity index (χ0n) is 11.0. The molecule has 20 heavy (non-hydrogen) atoms. The molecule has 2 N–H and O–H groups in total. The highest BCUT2D eigenvalue weighted by Gasteiger charge is 2.35. The molecule has 0 atom stereocenters. The van der Waals surface area contributed by atoms with Crippen LogP contribution in [0.15, 0.2) is 23.2 Å². The lowest BCUT2D eigenvalue weighted by atomic mass is 9.88. The number of aliphatic carboxylic acids is 1. The first-order valence-corrected chi connectivity index (χ1v) is 6.39. The second-order valence-corrected chi connectivity index (χ2v) is 5.08. The Bertz CT molecular complexity index is 525. The summed E-state index contributed by atoms with van der Waals surface area (Å²) >= 11 is 0. The molecule has 1 aromatic rings. The van der Waals surface area contributed by atoms with Crippen molar-refractivity contribution in [3.8, 4) is 0 Å². The lowest BCUT2D eigenvalue weighted by Gasteiger charge is -2.38. The van der Waals surface area contributed by atoms with Crippen LogP contribution in [-0.2, 0) is 4.79 Å². The minimum absolute atomic E-state index is 0.275. The highest BCUT2D eigenvalue weighted by Crippen LogP contribution is 2.31. The average Bonchev–Trinajstić information content (AvgIpc) is 2.39. The van der Waals surface area contributed by atoms with Crippen molar-refractivity contribution < 1.29 is 19.4 Å². The highest BCUT2D eigenvalue weighted by molar-refractivity contribution is 5.68. The zero-order chi connectivity index (χ0) is 14.8. The summed E-state index contributed by atoms with van der Waals surface area (Å²) in [7, 11) is 0. The molecule has 108 valence electrons. The van der Waals surface area contributed by atoms with E-state index < -0.39 is 17.4 Å². The van der Waals surface area contributed by atoms with Gasteiger partial charge in [-0.1, -0.05) is 0 Å². The molecule has 0 radical (unpaired) electrons. The van der Waals surface area contributed by atoms with Crippen molar-refractivity contribution in [3.05, 3.63) is 24.0 Å². The van der Waals surface area contributed by atoms with Gasteiger partial charge in [0.05, 0.1) is 23.4 Å². The van der Waals surface area contributed by atoms with E-state index >= 15 is 0 Å². The van der Waals surface area contributed by atoms with Crippen LogP contribution in [-0.4, -0.2) is 41.6 Å². The number of anilines is 1. The van der Waals surface area contributed by atoms with Gasteiger partial charge >= 0.3 is 5.97 Å². The number of piperidine rings is 1. The van der Waals surface area contributed by atoms with Gasteiger partial charge in [0.1, 0.15) is 5.82 Å². The fourth-order valence-corrected chi connectivity index (χ4v) is 2.47. The second-order valence-electron chi connectivity index (χ2n) is 5.08. The van der Waals surface area contributed by atoms with E-state index in [1.807, 2.05) is 0 Å². The first-order valence-electron chi connectivity index (χ1n) is 6.39. The van der Waals surface area contributed by atoms with Gasteiger partial charge in [0.25, 0.3) is 0 Å². The van der Waals surface area contributed by atoms with E-state index in [0.717, 1.165) is 0 Å². The molecular formula is C14H17FN2O3. The topological polar surface area (TPSA) is 73.1 Å². The highest BCUT2D eigenvalue weighted by atomic mass is 19.1. The Hall–Kier alpha value is -1.95. The predicted octanol–water partition coefficient (Wildman–Crippen LogP) is 1.96. The third kappa shape index (κ3) is 3.14. The first-order chi connectivity index (χ1) is 9.43. The lowest BCUT2D eigenvalue weighted by molar-refractivity contribution is -0.143. The van der Waals surface area contributed by atoms with E-state index in [9.17, 15) is 14.3 Å². The van der Waals surface area contributed by atoms with Crippen LogP contribution in [0.3, 0.4) is 0 Å². The lowest BCUT2D eigenvalue weighted by Crippen LogP contribution is -2.45. The van der Waals surface area contributed by atoms with Crippen molar-refractivity contribution in [3.63, 3.8) is 0 Å². The van der Waals surface area contributed by atoms with Crippen LogP contribution in [0.2, 0.25) is 0 Å². The molecule has 1 aliphatic heterocycles. The van der Waals surface area contributed by atoms with Crippen molar-refractivity contribution in [1.82, 2.24) is 0 Å². The van der Waals surface area contributed by atoms with Crippen LogP contribution in [0, 0.1) is 5.82 Å². The first kappa shape index (κ1) is 14.5. The second kappa shape index (κ2) is 5.58. The average molecular weight is 280 g/mol. The molecule has 6 heteroatoms. The Labute approximate surface area is 116 Å². The van der Waals surface area contributed by atoms with Gasteiger partial charge in [-0.05, 0) is 31.7 Å². The fourth-order valence-electron chi connectivity index (χ4n) is 2.47. The molecule has 0 bridgehead atoms. The molecule has 0 unspecified atom stereocenters. The summed E-state index contributed by atoms with van der Waals surface area (Å²) in [5.41, 5.74) is -0.290. The number of hydrogen-bond acceptors (Lipinski definition) is 4. The number of hydrogen-bond donors (Lipinski definition) is 2. The molecular weight excluding hydrogens is 263 g/mol. The minimum atomic E-state index is -1.19. The van der Waals surface area contributed by atoms with Gasteiger partial charge in [-0.2, -0.15) is 0 Å². The molecule has 0 amide bonds. The standard InChI is InChI=1S/C14H17FN2O3/c1-16-10-2-3-12(11(15)8-10)17-6-4-14(20,5-7-17)9-13(18)19/h2-3,8,20H,1,4-7,9H2,(H,18,19). The number of carbonyl (C=O) groups is 1. The van der Waals surface area contributed by atoms with Gasteiger partial charge in [0, 0.05) is 19.2 Å². The Kier molecular flexibility index (Phi) is 4.04. The van der Waals surface area contributed by atoms with E-state index in [4.69, 9.17) is 5.11 Å². The monoisotopic (exact) mass is 280 g/mol. The largest absolute Gasteiger partial charge is 0.481 e. The summed E-state index contributed by atoms with van der Waals surface area (Å²) in [6.07, 6.45) is 0.336. The fraction of sp³-hybridized carbons (Fsp3) is 0.429. The van der Waals surface area contributed by atoms with Crippen molar-refractivity contribution in [2.75, 3.05) is 18.0 Å². The molecule has 1 aromatic carbocycles. The van der Waals surface area contributed by atoms with Crippen LogP contribution in [0.1, 0.15) is 19.3 Å². The quantitative estimate of drug-likeness (QED) is 0.827. The van der Waals surface area contributed by atoms with E-state index in [2.05, 4.69) is 11.7 Å². The molecule has 0 spiro atoms. The Balaban J connectivity index is 2.07. The third-order valence-electron chi connectivity index (χ3n) is 3.63. The number of carboxylic acids is 1. The normalized spacial score (nSPS) is 17.8. The molecule has 1 heterocycles. The summed E-state index contributed by atoms with van der Waals surface area (Å²) < 4.78 is 13.9. The van der Waals surface area contributed by atoms with E-state index in [0.29, 0.717) is 37.3 Å². The van der Waals surface area contributed by atoms with Crippen molar-refractivity contribution in [2.24, 2.45) is 4.99 Å². The summed E-state index contributed by atoms with van der Waals surface area (Å²) in [5, 5.41) is 18.9. The molecule has 5 nitrogen and oxygen atoms in total. The van der Waals surface area contributed by atoms with Crippen LogP contribution in [0.4, 0.5) is 15.8 Å². The van der Waals surface area contributed by atoms with Crippen LogP contribution < -0.4 is 4.90 Å². The van der Waals surface area contributed by atoms with Gasteiger partial charge < -0.3 is 15.1 Å². The zero-order valence-corrected chi connectivity index (χ0v) is 11.0. The SMILES string of the molecule is C=Nc1ccc(N2CCC(O)(CC(=O)O)CC2)c(F)c1. The number of nitrogens with zero attached hydrogens (tertiary/aromatic N) is 2. The molecule has 2 rings (SSSR count). The van der Waals surface area contributed by atoms with Gasteiger partial charge in [0.2, 0.25) is 0 Å². The number of benzene rings is 1. The molecule has 1 aliphatic rings. The van der Waals surface area contributed by atoms with Gasteiger partial charge in [-0.3, -0.25) is 9.79 Å². The Morgan fingerprint density at radius 3 is 2.60 bits per heavy atom. The van der Waals surface area contributed by atoms with Crippen LogP contribution in [0.25, 0.3) is 0 Å². The Morgan fingerprint density at radius 2 is 2.10 bits per heavy atom. The van der Waals surface area contributed by atoms with E-state index in [1.165, 1.54) is 6.07 Å². The van der Waals surface area contributed by atoms with Gasteiger partial charge in [0.15, 0.2) is 0 Å². The summed E-state index contributed by atoms with van der Waals surface area (Å²) in [5.74, 6) is -1.41. The van der Waals surface area contributed by atoms with Gasteiger partial charge in [-0.15, -0.1) is 0 Å². The maximum absolute atomic E-state index is 13.9. The Morgan fingerprint density at radius 1 is 1.45 bits per heavy atom. The third-order valence-corrected chi connectivity index (χ3v) is 3.63. The summed E-state index contributed by atoms with van der Waals surface area (Å²) in [4.78, 5) is 16.2. The molecule has 1 fully saturated rings. The minimum Gasteiger partial charge on any atom is -0.481 e. The number of rotatable bonds is 4. The maximum atomic E-state index is 13.9. The predicted molar refractivity (Wildman–Crippen MR) is 74.3 cm³/mol. The molecule has 0 saturated carbocycles. The molecule has 0 aromatic heterocycles. The van der Waals surface area contributed by atoms with Crippen molar-refractivity contribution in [2.45, 2.75) is 24.9 Å². The van der Waals surface area contributed by atoms with Crippen molar-refractivity contribution >= 4 is 24.1 Å². The van der Waals surface area contributed by atoms with E-state index in [1.54, 1.807) is 17.0 Å². The number of aliphatic imine (C=N–C) groups is 1. The number of halogens is 1. The smallest absolute Gasteiger partial charge is 0.306 e. The van der Waals surface area contributed by atoms with Crippen LogP contribution in [0.5, 0.6) is 0 Å². The molecule has 1 saturated heterocycles. The van der Waals surface area contributed by atoms with Gasteiger partial charge in [-0.25, -0.2) is 4.39 Å². The molecule has 0 aliphatic carbocycles. The summed E-state index contributed by atoms with van der Waals surface area (Å²) in [6.45, 7) is 4.18. The van der Waals surface area contributed by atoms with Crippen molar-refractivity contribution in [1.29, 1.82) is 0 Å². The maximum Gasteiger partial charge on any atom is 0.306 e. The number of carboxylic acid groups (broad SMARTS) is 1. The van der Waals surface area contributed by atoms with E-state index in [-0.39, 0.29) is 6.42 Å². The van der Waals surface area contributed by atoms with Crippen LogP contribution >= 0.6 is 0 Å².